The number of benzene rings is 1. The monoisotopic (exact) mass is 428 g/mol. The smallest absolute Gasteiger partial charge is 0.131 e. The van der Waals surface area contributed by atoms with Crippen molar-refractivity contribution in [1.29, 1.82) is 0 Å². The Balaban J connectivity index is 1.80. The average Bonchev–Trinajstić information content (AvgIpc) is 2.82. The molecule has 7 heteroatoms. The number of hydrogen-bond donors (Lipinski definition) is 0. The van der Waals surface area contributed by atoms with Crippen LogP contribution in [0.2, 0.25) is 0 Å². The fraction of sp³-hybridized carbons (Fsp3) is 0.542. The van der Waals surface area contributed by atoms with Crippen LogP contribution in [0, 0.1) is 0 Å². The van der Waals surface area contributed by atoms with Gasteiger partial charge in [-0.1, -0.05) is 13.3 Å². The van der Waals surface area contributed by atoms with Crippen LogP contribution in [0.4, 0.5) is 0 Å². The maximum Gasteiger partial charge on any atom is 0.131 e. The number of unbranched alkanes of at least 4 members (excludes halogenated alkanes) is 1. The van der Waals surface area contributed by atoms with Gasteiger partial charge in [0.2, 0.25) is 0 Å². The summed E-state index contributed by atoms with van der Waals surface area (Å²) in [4.78, 5) is 4.91. The lowest BCUT2D eigenvalue weighted by Crippen LogP contribution is -2.33. The Bertz CT molecular complexity index is 963. The molecule has 1 saturated heterocycles. The van der Waals surface area contributed by atoms with Crippen LogP contribution in [0.15, 0.2) is 29.3 Å². The number of hydrogen-bond acceptors (Lipinski definition) is 6. The molecule has 2 aliphatic heterocycles. The van der Waals surface area contributed by atoms with Gasteiger partial charge in [0.1, 0.15) is 28.8 Å². The van der Waals surface area contributed by atoms with Gasteiger partial charge in [-0.3, -0.25) is 4.99 Å². The SMILES string of the molecule is CCCCOc1cc2n(/c(=N/CC3COCCO3)c1)CCc1c(OC)ccc(OC)c1-2. The van der Waals surface area contributed by atoms with Crippen LogP contribution >= 0.6 is 0 Å². The van der Waals surface area contributed by atoms with Crippen LogP contribution < -0.4 is 19.7 Å². The molecule has 0 radical (unpaired) electrons. The summed E-state index contributed by atoms with van der Waals surface area (Å²) < 4.78 is 31.0. The second-order valence-electron chi connectivity index (χ2n) is 7.77. The predicted molar refractivity (Wildman–Crippen MR) is 118 cm³/mol. The van der Waals surface area contributed by atoms with Gasteiger partial charge in [-0.25, -0.2) is 0 Å². The van der Waals surface area contributed by atoms with Crippen molar-refractivity contribution >= 4 is 0 Å². The Labute approximate surface area is 183 Å². The van der Waals surface area contributed by atoms with Crippen LogP contribution in [0.5, 0.6) is 17.2 Å². The van der Waals surface area contributed by atoms with Gasteiger partial charge in [0.05, 0.1) is 52.9 Å². The van der Waals surface area contributed by atoms with Crippen LogP contribution in [0.1, 0.15) is 25.3 Å². The van der Waals surface area contributed by atoms with E-state index in [1.165, 1.54) is 0 Å². The minimum Gasteiger partial charge on any atom is -0.496 e. The van der Waals surface area contributed by atoms with Crippen molar-refractivity contribution in [1.82, 2.24) is 4.57 Å². The number of nitrogens with zero attached hydrogens (tertiary/aromatic N) is 2. The highest BCUT2D eigenvalue weighted by Crippen LogP contribution is 2.42. The third-order valence-corrected chi connectivity index (χ3v) is 5.74. The molecular weight excluding hydrogens is 396 g/mol. The first-order valence-corrected chi connectivity index (χ1v) is 11.1. The normalized spacial score (nSPS) is 18.3. The molecular formula is C24H32N2O5. The average molecular weight is 429 g/mol. The molecule has 3 heterocycles. The zero-order valence-electron chi connectivity index (χ0n) is 18.7. The molecule has 168 valence electrons. The van der Waals surface area contributed by atoms with E-state index in [0.717, 1.165) is 65.4 Å². The summed E-state index contributed by atoms with van der Waals surface area (Å²) >= 11 is 0. The van der Waals surface area contributed by atoms with Crippen LogP contribution in [-0.4, -0.2) is 57.9 Å². The highest BCUT2D eigenvalue weighted by Gasteiger charge is 2.24. The van der Waals surface area contributed by atoms with Crippen molar-refractivity contribution in [3.63, 3.8) is 0 Å². The summed E-state index contributed by atoms with van der Waals surface area (Å²) in [5, 5.41) is 0. The van der Waals surface area contributed by atoms with Crippen molar-refractivity contribution in [3.05, 3.63) is 35.3 Å². The van der Waals surface area contributed by atoms with Gasteiger partial charge < -0.3 is 28.3 Å². The van der Waals surface area contributed by atoms with E-state index in [9.17, 15) is 0 Å². The van der Waals surface area contributed by atoms with Gasteiger partial charge in [0, 0.05) is 29.8 Å². The summed E-state index contributed by atoms with van der Waals surface area (Å²) in [7, 11) is 3.41. The molecule has 2 aromatic rings. The maximum atomic E-state index is 6.09. The molecule has 1 aromatic heterocycles. The minimum absolute atomic E-state index is 0.0137. The maximum absolute atomic E-state index is 6.09. The molecule has 2 aliphatic rings. The minimum atomic E-state index is -0.0137. The lowest BCUT2D eigenvalue weighted by atomic mass is 9.95. The molecule has 4 rings (SSSR count). The zero-order valence-corrected chi connectivity index (χ0v) is 18.7. The van der Waals surface area contributed by atoms with Gasteiger partial charge >= 0.3 is 0 Å². The Morgan fingerprint density at radius 1 is 1.13 bits per heavy atom. The van der Waals surface area contributed by atoms with E-state index in [4.69, 9.17) is 28.7 Å². The molecule has 0 bridgehead atoms. The number of ether oxygens (including phenoxy) is 5. The van der Waals surface area contributed by atoms with E-state index in [-0.39, 0.29) is 6.10 Å². The third-order valence-electron chi connectivity index (χ3n) is 5.74. The van der Waals surface area contributed by atoms with E-state index in [1.54, 1.807) is 14.2 Å². The standard InChI is InChI=1S/C24H32N2O5/c1-4-5-10-30-17-13-20-24-19(21(27-2)6-7-22(24)28-3)8-9-26(20)23(14-17)25-15-18-16-29-11-12-31-18/h6-7,13-14,18H,4-5,8-12,15-16H2,1-3H3/b25-23+. The summed E-state index contributed by atoms with van der Waals surface area (Å²) in [6, 6.07) is 8.05. The number of fused-ring (bicyclic) bond motifs is 3. The Hall–Kier alpha value is -2.51. The number of rotatable bonds is 8. The Morgan fingerprint density at radius 2 is 1.97 bits per heavy atom. The van der Waals surface area contributed by atoms with Crippen LogP contribution in [0.3, 0.4) is 0 Å². The summed E-state index contributed by atoms with van der Waals surface area (Å²) in [6.07, 6.45) is 2.93. The third kappa shape index (κ3) is 4.72. The summed E-state index contributed by atoms with van der Waals surface area (Å²) in [6.45, 7) is 6.06. The van der Waals surface area contributed by atoms with E-state index in [2.05, 4.69) is 17.6 Å². The molecule has 0 spiro atoms. The molecule has 31 heavy (non-hydrogen) atoms. The second kappa shape index (κ2) is 10.2. The highest BCUT2D eigenvalue weighted by atomic mass is 16.6. The lowest BCUT2D eigenvalue weighted by molar-refractivity contribution is -0.0835. The van der Waals surface area contributed by atoms with Crippen molar-refractivity contribution in [2.45, 2.75) is 38.8 Å². The van der Waals surface area contributed by atoms with Gasteiger partial charge in [0.15, 0.2) is 0 Å². The topological polar surface area (TPSA) is 63.4 Å². The Kier molecular flexibility index (Phi) is 7.14. The summed E-state index contributed by atoms with van der Waals surface area (Å²) in [5.74, 6) is 2.52. The molecule has 0 amide bonds. The summed E-state index contributed by atoms with van der Waals surface area (Å²) in [5.41, 5.74) is 4.12. The molecule has 7 nitrogen and oxygen atoms in total. The van der Waals surface area contributed by atoms with E-state index in [0.29, 0.717) is 33.0 Å². The quantitative estimate of drug-likeness (QED) is 0.604. The van der Waals surface area contributed by atoms with E-state index < -0.39 is 0 Å². The molecule has 0 saturated carbocycles. The number of methoxy groups -OCH3 is 2. The molecule has 0 N–H and O–H groups in total. The Morgan fingerprint density at radius 3 is 2.71 bits per heavy atom. The van der Waals surface area contributed by atoms with Crippen molar-refractivity contribution in [2.24, 2.45) is 4.99 Å². The fourth-order valence-corrected chi connectivity index (χ4v) is 4.13. The molecule has 0 aliphatic carbocycles. The van der Waals surface area contributed by atoms with Crippen LogP contribution in [-0.2, 0) is 22.4 Å². The molecule has 1 fully saturated rings. The van der Waals surface area contributed by atoms with Crippen molar-refractivity contribution in [2.75, 3.05) is 47.2 Å². The first-order chi connectivity index (χ1) is 15.2. The van der Waals surface area contributed by atoms with Gasteiger partial charge in [0.25, 0.3) is 0 Å². The van der Waals surface area contributed by atoms with Gasteiger partial charge in [-0.2, -0.15) is 0 Å². The first kappa shape index (κ1) is 21.7. The second-order valence-corrected chi connectivity index (χ2v) is 7.77. The van der Waals surface area contributed by atoms with E-state index >= 15 is 0 Å². The lowest BCUT2D eigenvalue weighted by Gasteiger charge is -2.27. The predicted octanol–water partition coefficient (Wildman–Crippen LogP) is 3.22. The first-order valence-electron chi connectivity index (χ1n) is 11.1. The molecule has 1 unspecified atom stereocenters. The van der Waals surface area contributed by atoms with Crippen LogP contribution in [0.25, 0.3) is 11.3 Å². The fourth-order valence-electron chi connectivity index (χ4n) is 4.13. The van der Waals surface area contributed by atoms with Crippen molar-refractivity contribution in [3.8, 4) is 28.5 Å². The van der Waals surface area contributed by atoms with Gasteiger partial charge in [-0.15, -0.1) is 0 Å². The van der Waals surface area contributed by atoms with Gasteiger partial charge in [-0.05, 0) is 25.0 Å². The largest absolute Gasteiger partial charge is 0.496 e. The number of aromatic nitrogens is 1. The number of pyridine rings is 1. The highest BCUT2D eigenvalue weighted by molar-refractivity contribution is 5.76. The zero-order chi connectivity index (χ0) is 21.6. The molecule has 1 atom stereocenters. The van der Waals surface area contributed by atoms with E-state index in [1.807, 2.05) is 18.2 Å². The molecule has 1 aromatic carbocycles. The van der Waals surface area contributed by atoms with Crippen molar-refractivity contribution < 1.29 is 23.7 Å².